The van der Waals surface area contributed by atoms with Gasteiger partial charge >= 0.3 is 0 Å². The van der Waals surface area contributed by atoms with Crippen molar-refractivity contribution in [3.05, 3.63) is 48.5 Å². The number of fused-ring (bicyclic) bond motifs is 3. The van der Waals surface area contributed by atoms with E-state index in [9.17, 15) is 0 Å². The van der Waals surface area contributed by atoms with Crippen molar-refractivity contribution in [2.24, 2.45) is 0 Å². The summed E-state index contributed by atoms with van der Waals surface area (Å²) in [6, 6.07) is 8.42. The van der Waals surface area contributed by atoms with E-state index in [4.69, 9.17) is 0 Å². The number of nitrogens with zero attached hydrogens (tertiary/aromatic N) is 2. The van der Waals surface area contributed by atoms with Crippen molar-refractivity contribution < 1.29 is 0 Å². The Morgan fingerprint density at radius 1 is 1.14 bits per heavy atom. The zero-order valence-electron chi connectivity index (χ0n) is 7.94. The van der Waals surface area contributed by atoms with Gasteiger partial charge < -0.3 is 4.40 Å². The Balaban J connectivity index is 2.67. The third kappa shape index (κ3) is 0.880. The van der Waals surface area contributed by atoms with Gasteiger partial charge in [-0.3, -0.25) is 0 Å². The van der Waals surface area contributed by atoms with Crippen LogP contribution >= 0.6 is 0 Å². The monoisotopic (exact) mass is 182 g/mol. The van der Waals surface area contributed by atoms with Crippen molar-refractivity contribution in [1.29, 1.82) is 0 Å². The van der Waals surface area contributed by atoms with Gasteiger partial charge in [0.15, 0.2) is 0 Å². The highest BCUT2D eigenvalue weighted by atomic mass is 15.0. The first-order valence-electron chi connectivity index (χ1n) is 4.66. The SMILES string of the molecule is Cc1cn2cncc2c2ccccc12. The minimum Gasteiger partial charge on any atom is -0.305 e. The largest absolute Gasteiger partial charge is 0.305 e. The molecule has 0 spiro atoms. The van der Waals surface area contributed by atoms with Crippen molar-refractivity contribution in [3.8, 4) is 0 Å². The standard InChI is InChI=1S/C12H10N2/c1-9-7-14-8-13-6-12(14)11-5-3-2-4-10(9)11/h2-8H,1H3. The highest BCUT2D eigenvalue weighted by molar-refractivity contribution is 5.97. The van der Waals surface area contributed by atoms with Crippen LogP contribution in [0.5, 0.6) is 0 Å². The average Bonchev–Trinajstić information content (AvgIpc) is 2.66. The smallest absolute Gasteiger partial charge is 0.0992 e. The Hall–Kier alpha value is -1.83. The Labute approximate surface area is 81.8 Å². The third-order valence-electron chi connectivity index (χ3n) is 2.63. The van der Waals surface area contributed by atoms with Gasteiger partial charge in [-0.05, 0) is 17.9 Å². The third-order valence-corrected chi connectivity index (χ3v) is 2.63. The maximum Gasteiger partial charge on any atom is 0.0992 e. The molecule has 3 aromatic rings. The number of hydrogen-bond donors (Lipinski definition) is 0. The predicted molar refractivity (Wildman–Crippen MR) is 57.4 cm³/mol. The Morgan fingerprint density at radius 2 is 1.93 bits per heavy atom. The second-order valence-corrected chi connectivity index (χ2v) is 3.54. The molecule has 0 saturated carbocycles. The molecule has 3 rings (SSSR count). The molecule has 0 aliphatic carbocycles. The Morgan fingerprint density at radius 3 is 2.79 bits per heavy atom. The lowest BCUT2D eigenvalue weighted by molar-refractivity contribution is 1.14. The maximum absolute atomic E-state index is 4.16. The molecule has 2 heteroatoms. The number of rotatable bonds is 0. The van der Waals surface area contributed by atoms with E-state index in [0.29, 0.717) is 0 Å². The van der Waals surface area contributed by atoms with Crippen molar-refractivity contribution in [3.63, 3.8) is 0 Å². The van der Waals surface area contributed by atoms with E-state index in [0.717, 1.165) is 0 Å². The molecule has 0 saturated heterocycles. The molecule has 0 radical (unpaired) electrons. The Bertz CT molecular complexity index is 608. The summed E-state index contributed by atoms with van der Waals surface area (Å²) in [6.45, 7) is 2.13. The summed E-state index contributed by atoms with van der Waals surface area (Å²) in [5.41, 5.74) is 2.46. The van der Waals surface area contributed by atoms with Crippen LogP contribution < -0.4 is 0 Å². The quantitative estimate of drug-likeness (QED) is 0.522. The average molecular weight is 182 g/mol. The highest BCUT2D eigenvalue weighted by Crippen LogP contribution is 2.22. The normalized spacial score (nSPS) is 11.2. The summed E-state index contributed by atoms with van der Waals surface area (Å²) >= 11 is 0. The van der Waals surface area contributed by atoms with Gasteiger partial charge in [0.25, 0.3) is 0 Å². The predicted octanol–water partition coefficient (Wildman–Crippen LogP) is 2.80. The van der Waals surface area contributed by atoms with Gasteiger partial charge in [-0.2, -0.15) is 0 Å². The van der Waals surface area contributed by atoms with Crippen molar-refractivity contribution >= 4 is 16.3 Å². The van der Waals surface area contributed by atoms with Gasteiger partial charge in [-0.1, -0.05) is 24.3 Å². The van der Waals surface area contributed by atoms with Crippen LogP contribution in [0.15, 0.2) is 43.0 Å². The minimum absolute atomic E-state index is 1.17. The first kappa shape index (κ1) is 7.56. The number of benzene rings is 1. The fourth-order valence-electron chi connectivity index (χ4n) is 1.94. The topological polar surface area (TPSA) is 17.3 Å². The molecular formula is C12H10N2. The second-order valence-electron chi connectivity index (χ2n) is 3.54. The van der Waals surface area contributed by atoms with Gasteiger partial charge in [-0.25, -0.2) is 4.98 Å². The molecule has 14 heavy (non-hydrogen) atoms. The lowest BCUT2D eigenvalue weighted by Gasteiger charge is -2.04. The summed E-state index contributed by atoms with van der Waals surface area (Å²) in [6.07, 6.45) is 5.86. The molecule has 2 heterocycles. The number of aryl methyl sites for hydroxylation is 1. The second kappa shape index (κ2) is 2.58. The van der Waals surface area contributed by atoms with Crippen molar-refractivity contribution in [2.75, 3.05) is 0 Å². The molecule has 0 bridgehead atoms. The first-order valence-corrected chi connectivity index (χ1v) is 4.66. The molecule has 2 nitrogen and oxygen atoms in total. The maximum atomic E-state index is 4.16. The lowest BCUT2D eigenvalue weighted by atomic mass is 10.1. The fraction of sp³-hybridized carbons (Fsp3) is 0.0833. The van der Waals surface area contributed by atoms with E-state index in [-0.39, 0.29) is 0 Å². The van der Waals surface area contributed by atoms with Crippen molar-refractivity contribution in [2.45, 2.75) is 6.92 Å². The number of hydrogen-bond acceptors (Lipinski definition) is 1. The molecular weight excluding hydrogens is 172 g/mol. The van der Waals surface area contributed by atoms with Crippen LogP contribution in [0.25, 0.3) is 16.3 Å². The molecule has 0 N–H and O–H groups in total. The Kier molecular flexibility index (Phi) is 1.39. The number of aromatic nitrogens is 2. The molecule has 2 aromatic heterocycles. The van der Waals surface area contributed by atoms with E-state index in [1.54, 1.807) is 0 Å². The molecule has 0 unspecified atom stereocenters. The molecule has 0 amide bonds. The lowest BCUT2D eigenvalue weighted by Crippen LogP contribution is -1.87. The highest BCUT2D eigenvalue weighted by Gasteiger charge is 2.02. The van der Waals surface area contributed by atoms with Crippen LogP contribution in [0.3, 0.4) is 0 Å². The van der Waals surface area contributed by atoms with Gasteiger partial charge in [0.2, 0.25) is 0 Å². The van der Waals surface area contributed by atoms with Crippen LogP contribution in [-0.2, 0) is 0 Å². The van der Waals surface area contributed by atoms with Gasteiger partial charge in [0.1, 0.15) is 0 Å². The van der Waals surface area contributed by atoms with E-state index in [1.165, 1.54) is 21.9 Å². The molecule has 0 aliphatic heterocycles. The number of imidazole rings is 1. The molecule has 1 aromatic carbocycles. The van der Waals surface area contributed by atoms with Crippen molar-refractivity contribution in [1.82, 2.24) is 9.38 Å². The zero-order valence-corrected chi connectivity index (χ0v) is 7.94. The van der Waals surface area contributed by atoms with Crippen LogP contribution in [0.4, 0.5) is 0 Å². The van der Waals surface area contributed by atoms with Crippen LogP contribution in [0, 0.1) is 6.92 Å². The van der Waals surface area contributed by atoms with E-state index >= 15 is 0 Å². The summed E-state index contributed by atoms with van der Waals surface area (Å²) in [4.78, 5) is 4.16. The van der Waals surface area contributed by atoms with E-state index < -0.39 is 0 Å². The van der Waals surface area contributed by atoms with E-state index in [1.807, 2.05) is 12.5 Å². The summed E-state index contributed by atoms with van der Waals surface area (Å²) in [5.74, 6) is 0. The van der Waals surface area contributed by atoms with Gasteiger partial charge in [-0.15, -0.1) is 0 Å². The fourth-order valence-corrected chi connectivity index (χ4v) is 1.94. The first-order chi connectivity index (χ1) is 6.86. The van der Waals surface area contributed by atoms with Gasteiger partial charge in [0, 0.05) is 11.6 Å². The van der Waals surface area contributed by atoms with Crippen LogP contribution in [0.2, 0.25) is 0 Å². The van der Waals surface area contributed by atoms with E-state index in [2.05, 4.69) is 46.8 Å². The zero-order chi connectivity index (χ0) is 9.54. The summed E-state index contributed by atoms with van der Waals surface area (Å²) in [7, 11) is 0. The minimum atomic E-state index is 1.17. The van der Waals surface area contributed by atoms with Gasteiger partial charge in [0.05, 0.1) is 18.0 Å². The molecule has 0 aliphatic rings. The molecule has 0 fully saturated rings. The number of pyridine rings is 1. The van der Waals surface area contributed by atoms with Crippen LogP contribution in [0.1, 0.15) is 5.56 Å². The summed E-state index contributed by atoms with van der Waals surface area (Å²) < 4.78 is 2.07. The van der Waals surface area contributed by atoms with Crippen LogP contribution in [-0.4, -0.2) is 9.38 Å². The molecule has 68 valence electrons. The molecule has 0 atom stereocenters. The summed E-state index contributed by atoms with van der Waals surface area (Å²) in [5, 5.41) is 2.57.